The Hall–Kier alpha value is -7.38. The standard InChI is InChI=1S/C48H33BN4O2/c1-4-16-35(17-5-1)42-26-14-27-43(36-18-6-2-7-19-36)47(42)52-34-51(44-28-10-11-29-45(44)52)38-22-12-24-40(32-38)54-41-25-13-23-39(33-41)53-48-46(30-15-31-50-48)55-49(53)37-20-8-3-9-21-37/h1-33H. The van der Waals surface area contributed by atoms with Gasteiger partial charge in [-0.3, -0.25) is 9.13 Å². The largest absolute Gasteiger partial charge is 0.535 e. The second kappa shape index (κ2) is 13.9. The van der Waals surface area contributed by atoms with Crippen LogP contribution in [0.4, 0.5) is 11.5 Å². The molecule has 0 spiro atoms. The van der Waals surface area contributed by atoms with Gasteiger partial charge in [-0.1, -0.05) is 146 Å². The van der Waals surface area contributed by atoms with Gasteiger partial charge in [-0.25, -0.2) is 4.98 Å². The number of fused-ring (bicyclic) bond motifs is 2. The van der Waals surface area contributed by atoms with Crippen LogP contribution in [0.25, 0.3) is 44.7 Å². The van der Waals surface area contributed by atoms with E-state index in [-0.39, 0.29) is 7.05 Å². The van der Waals surface area contributed by atoms with E-state index in [1.807, 2.05) is 60.7 Å². The Labute approximate surface area is 319 Å². The fourth-order valence-corrected chi connectivity index (χ4v) is 7.45. The van der Waals surface area contributed by atoms with Crippen LogP contribution in [0.5, 0.6) is 17.2 Å². The van der Waals surface area contributed by atoms with Crippen molar-refractivity contribution in [1.82, 2.24) is 9.55 Å². The minimum atomic E-state index is -0.358. The third-order valence-electron chi connectivity index (χ3n) is 9.94. The first-order chi connectivity index (χ1) is 27.3. The third kappa shape index (κ3) is 5.98. The first-order valence-electron chi connectivity index (χ1n) is 18.3. The first-order valence-corrected chi connectivity index (χ1v) is 18.3. The lowest BCUT2D eigenvalue weighted by atomic mass is 9.71. The Balaban J connectivity index is 1.04. The molecule has 9 aromatic rings. The van der Waals surface area contributed by atoms with Crippen molar-refractivity contribution in [2.45, 2.75) is 0 Å². The van der Waals surface area contributed by atoms with Crippen molar-refractivity contribution in [3.8, 4) is 50.9 Å². The predicted molar refractivity (Wildman–Crippen MR) is 220 cm³/mol. The number of aromatic nitrogens is 3. The summed E-state index contributed by atoms with van der Waals surface area (Å²) in [6.45, 7) is 0. The van der Waals surface area contributed by atoms with E-state index in [9.17, 15) is 0 Å². The second-order valence-corrected chi connectivity index (χ2v) is 13.4. The Kier molecular flexibility index (Phi) is 8.15. The summed E-state index contributed by atoms with van der Waals surface area (Å²) in [4.78, 5) is 6.81. The molecule has 55 heavy (non-hydrogen) atoms. The van der Waals surface area contributed by atoms with Crippen molar-refractivity contribution >= 4 is 35.1 Å². The Morgan fingerprint density at radius 3 is 1.87 bits per heavy atom. The van der Waals surface area contributed by atoms with Crippen LogP contribution in [0, 0.1) is 6.33 Å². The molecule has 0 bridgehead atoms. The van der Waals surface area contributed by atoms with Crippen molar-refractivity contribution in [2.75, 3.05) is 4.81 Å². The number of hydrogen-bond acceptors (Lipinski definition) is 4. The molecule has 0 aliphatic carbocycles. The lowest BCUT2D eigenvalue weighted by molar-refractivity contribution is -0.571. The van der Waals surface area contributed by atoms with E-state index < -0.39 is 0 Å². The van der Waals surface area contributed by atoms with Gasteiger partial charge in [-0.2, -0.15) is 0 Å². The van der Waals surface area contributed by atoms with E-state index in [1.54, 1.807) is 6.20 Å². The molecule has 0 saturated heterocycles. The Bertz CT molecular complexity index is 2730. The number of ether oxygens (including phenoxy) is 1. The van der Waals surface area contributed by atoms with E-state index >= 15 is 0 Å². The fourth-order valence-electron chi connectivity index (χ4n) is 7.45. The maximum absolute atomic E-state index is 6.61. The summed E-state index contributed by atoms with van der Waals surface area (Å²) in [5.41, 5.74) is 10.5. The maximum Gasteiger partial charge on any atom is 0.525 e. The molecule has 0 fully saturated rings. The van der Waals surface area contributed by atoms with Gasteiger partial charge in [-0.05, 0) is 70.2 Å². The maximum atomic E-state index is 6.61. The quantitative estimate of drug-likeness (QED) is 0.0896. The first kappa shape index (κ1) is 32.3. The van der Waals surface area contributed by atoms with Gasteiger partial charge in [0.15, 0.2) is 5.82 Å². The van der Waals surface area contributed by atoms with Crippen molar-refractivity contribution in [2.24, 2.45) is 0 Å². The fraction of sp³-hybridized carbons (Fsp3) is 0. The number of nitrogens with zero attached hydrogens (tertiary/aromatic N) is 4. The summed E-state index contributed by atoms with van der Waals surface area (Å²) < 4.78 is 17.3. The van der Waals surface area contributed by atoms with Crippen LogP contribution in [-0.4, -0.2) is 16.6 Å². The number of pyridine rings is 1. The van der Waals surface area contributed by atoms with E-state index in [0.717, 1.165) is 67.4 Å². The molecule has 0 unspecified atom stereocenters. The normalized spacial score (nSPS) is 12.1. The highest BCUT2D eigenvalue weighted by atomic mass is 16.5. The molecule has 0 saturated carbocycles. The molecule has 0 radical (unpaired) electrons. The van der Waals surface area contributed by atoms with Gasteiger partial charge >= 0.3 is 7.05 Å². The molecule has 2 aromatic heterocycles. The zero-order valence-corrected chi connectivity index (χ0v) is 29.7. The molecule has 1 aliphatic heterocycles. The van der Waals surface area contributed by atoms with Crippen LogP contribution in [0.15, 0.2) is 200 Å². The molecule has 6 nitrogen and oxygen atoms in total. The number of benzene rings is 7. The lowest BCUT2D eigenvalue weighted by Gasteiger charge is -2.22. The van der Waals surface area contributed by atoms with Crippen molar-refractivity contribution in [1.29, 1.82) is 0 Å². The summed E-state index contributed by atoms with van der Waals surface area (Å²) in [5.74, 6) is 2.91. The van der Waals surface area contributed by atoms with Crippen molar-refractivity contribution in [3.05, 3.63) is 207 Å². The summed E-state index contributed by atoms with van der Waals surface area (Å²) >= 11 is 0. The zero-order chi connectivity index (χ0) is 36.6. The molecular formula is C48H33BN4O2. The number of hydrogen-bond donors (Lipinski definition) is 0. The topological polar surface area (TPSA) is 43.4 Å². The molecule has 3 heterocycles. The van der Waals surface area contributed by atoms with Gasteiger partial charge in [-0.15, -0.1) is 0 Å². The minimum Gasteiger partial charge on any atom is -0.535 e. The van der Waals surface area contributed by atoms with Gasteiger partial charge < -0.3 is 14.2 Å². The molecular weight excluding hydrogens is 675 g/mol. The molecule has 0 amide bonds. The number of imidazole rings is 1. The molecule has 7 heteroatoms. The molecule has 260 valence electrons. The van der Waals surface area contributed by atoms with Crippen molar-refractivity contribution < 1.29 is 14.0 Å². The number of anilines is 2. The zero-order valence-electron chi connectivity index (χ0n) is 29.7. The van der Waals surface area contributed by atoms with Crippen LogP contribution in [0.1, 0.15) is 0 Å². The highest BCUT2D eigenvalue weighted by Gasteiger charge is 2.40. The predicted octanol–water partition coefficient (Wildman–Crippen LogP) is 10.2. The average molecular weight is 709 g/mol. The van der Waals surface area contributed by atoms with E-state index in [4.69, 9.17) is 14.4 Å². The average Bonchev–Trinajstić information content (AvgIpc) is 3.84. The lowest BCUT2D eigenvalue weighted by Crippen LogP contribution is -2.47. The van der Waals surface area contributed by atoms with Crippen LogP contribution in [-0.2, 0) is 0 Å². The van der Waals surface area contributed by atoms with Gasteiger partial charge in [0.05, 0.1) is 22.4 Å². The summed E-state index contributed by atoms with van der Waals surface area (Å²) in [5, 5.41) is 0. The summed E-state index contributed by atoms with van der Waals surface area (Å²) in [7, 11) is -0.358. The van der Waals surface area contributed by atoms with Crippen LogP contribution in [0.3, 0.4) is 0 Å². The van der Waals surface area contributed by atoms with Gasteiger partial charge in [0.25, 0.3) is 6.33 Å². The molecule has 0 atom stereocenters. The number of rotatable bonds is 8. The molecule has 7 aromatic carbocycles. The summed E-state index contributed by atoms with van der Waals surface area (Å²) in [6.07, 6.45) is 5.55. The smallest absolute Gasteiger partial charge is 0.525 e. The Morgan fingerprint density at radius 2 is 1.16 bits per heavy atom. The van der Waals surface area contributed by atoms with Crippen LogP contribution >= 0.6 is 0 Å². The molecule has 1 aliphatic rings. The van der Waals surface area contributed by atoms with Gasteiger partial charge in [0.1, 0.15) is 17.2 Å². The second-order valence-electron chi connectivity index (χ2n) is 13.4. The highest BCUT2D eigenvalue weighted by Crippen LogP contribution is 2.40. The SMILES string of the molecule is [c-]1n(-c2cccc(Oc3cccc(N4B(c5ccccc5)Oc5cccnc54)c3)c2)c2ccccc2[n+]1-c1c(-c2ccccc2)cccc1-c1ccccc1. The van der Waals surface area contributed by atoms with Crippen LogP contribution < -0.4 is 24.2 Å². The third-order valence-corrected chi connectivity index (χ3v) is 9.94. The van der Waals surface area contributed by atoms with E-state index in [2.05, 4.69) is 154 Å². The van der Waals surface area contributed by atoms with Crippen LogP contribution in [0.2, 0.25) is 0 Å². The molecule has 10 rings (SSSR count). The number of para-hydroxylation sites is 3. The Morgan fingerprint density at radius 1 is 0.564 bits per heavy atom. The van der Waals surface area contributed by atoms with Gasteiger partial charge in [0.2, 0.25) is 0 Å². The van der Waals surface area contributed by atoms with Crippen molar-refractivity contribution in [3.63, 3.8) is 0 Å². The van der Waals surface area contributed by atoms with E-state index in [0.29, 0.717) is 11.5 Å². The molecule has 0 N–H and O–H groups in total. The van der Waals surface area contributed by atoms with Gasteiger partial charge in [0, 0.05) is 18.0 Å². The minimum absolute atomic E-state index is 0.358. The monoisotopic (exact) mass is 708 g/mol. The van der Waals surface area contributed by atoms with E-state index in [1.165, 1.54) is 0 Å². The summed E-state index contributed by atoms with van der Waals surface area (Å²) in [6, 6.07) is 66.4. The highest BCUT2D eigenvalue weighted by molar-refractivity contribution is 6.74.